The number of alkyl halides is 3. The molecular formula is C15H11F3N4O. The normalized spacial score (nSPS) is 11.5. The first-order valence-corrected chi connectivity index (χ1v) is 6.59. The van der Waals surface area contributed by atoms with Crippen molar-refractivity contribution in [2.45, 2.75) is 6.18 Å². The molecule has 1 N–H and O–H groups in total. The van der Waals surface area contributed by atoms with Crippen molar-refractivity contribution in [2.24, 2.45) is 0 Å². The summed E-state index contributed by atoms with van der Waals surface area (Å²) < 4.78 is 43.0. The zero-order chi connectivity index (χ0) is 16.4. The van der Waals surface area contributed by atoms with Gasteiger partial charge in [0.15, 0.2) is 5.82 Å². The monoisotopic (exact) mass is 320 g/mol. The van der Waals surface area contributed by atoms with Crippen LogP contribution in [0, 0.1) is 0 Å². The van der Waals surface area contributed by atoms with Gasteiger partial charge < -0.3 is 4.74 Å². The van der Waals surface area contributed by atoms with Gasteiger partial charge in [0, 0.05) is 5.56 Å². The van der Waals surface area contributed by atoms with Gasteiger partial charge in [0.25, 0.3) is 0 Å². The molecule has 0 aliphatic carbocycles. The molecule has 23 heavy (non-hydrogen) atoms. The van der Waals surface area contributed by atoms with Crippen LogP contribution in [-0.4, -0.2) is 27.3 Å². The number of halogens is 3. The van der Waals surface area contributed by atoms with Gasteiger partial charge in [-0.15, -0.1) is 0 Å². The number of benzene rings is 1. The van der Waals surface area contributed by atoms with E-state index in [9.17, 15) is 13.2 Å². The Hall–Kier alpha value is -2.90. The number of methoxy groups -OCH3 is 1. The first-order valence-electron chi connectivity index (χ1n) is 6.59. The van der Waals surface area contributed by atoms with E-state index < -0.39 is 12.0 Å². The van der Waals surface area contributed by atoms with Crippen molar-refractivity contribution in [3.05, 3.63) is 48.3 Å². The van der Waals surface area contributed by atoms with E-state index in [0.29, 0.717) is 11.4 Å². The number of aromatic amines is 1. The van der Waals surface area contributed by atoms with Crippen LogP contribution in [0.15, 0.2) is 42.5 Å². The van der Waals surface area contributed by atoms with Crippen LogP contribution in [0.2, 0.25) is 0 Å². The van der Waals surface area contributed by atoms with Gasteiger partial charge in [-0.2, -0.15) is 18.3 Å². The number of H-pyrrole nitrogens is 1. The van der Waals surface area contributed by atoms with Gasteiger partial charge in [0.05, 0.1) is 12.8 Å². The van der Waals surface area contributed by atoms with Crippen molar-refractivity contribution >= 4 is 0 Å². The minimum atomic E-state index is -4.58. The Morgan fingerprint density at radius 2 is 1.70 bits per heavy atom. The largest absolute Gasteiger partial charge is 0.496 e. The van der Waals surface area contributed by atoms with Crippen LogP contribution in [-0.2, 0) is 6.18 Å². The molecule has 0 spiro atoms. The molecule has 0 fully saturated rings. The van der Waals surface area contributed by atoms with Crippen molar-refractivity contribution in [1.29, 1.82) is 0 Å². The number of aromatic nitrogens is 4. The molecule has 0 aliphatic heterocycles. The molecule has 0 saturated carbocycles. The third kappa shape index (κ3) is 3.01. The van der Waals surface area contributed by atoms with Gasteiger partial charge in [0.2, 0.25) is 5.82 Å². The zero-order valence-corrected chi connectivity index (χ0v) is 11.9. The number of ether oxygens (including phenoxy) is 1. The minimum Gasteiger partial charge on any atom is -0.496 e. The van der Waals surface area contributed by atoms with Crippen molar-refractivity contribution in [3.8, 4) is 28.5 Å². The summed E-state index contributed by atoms with van der Waals surface area (Å²) in [7, 11) is 1.54. The molecule has 5 nitrogen and oxygen atoms in total. The molecule has 118 valence electrons. The van der Waals surface area contributed by atoms with Gasteiger partial charge in [0.1, 0.15) is 11.4 Å². The highest BCUT2D eigenvalue weighted by Crippen LogP contribution is 2.30. The van der Waals surface area contributed by atoms with Gasteiger partial charge in [-0.05, 0) is 24.3 Å². The predicted octanol–water partition coefficient (Wildman–Crippen LogP) is 3.56. The summed E-state index contributed by atoms with van der Waals surface area (Å²) in [5.41, 5.74) is 1.52. The molecule has 2 heterocycles. The number of hydrogen-bond donors (Lipinski definition) is 1. The van der Waals surface area contributed by atoms with E-state index >= 15 is 0 Å². The predicted molar refractivity (Wildman–Crippen MR) is 76.6 cm³/mol. The van der Waals surface area contributed by atoms with E-state index in [4.69, 9.17) is 4.74 Å². The quantitative estimate of drug-likeness (QED) is 0.801. The zero-order valence-electron chi connectivity index (χ0n) is 11.9. The molecule has 1 aromatic carbocycles. The number of hydrogen-bond acceptors (Lipinski definition) is 4. The molecule has 3 aromatic rings. The minimum absolute atomic E-state index is 0.117. The summed E-state index contributed by atoms with van der Waals surface area (Å²) in [6.45, 7) is 0. The highest BCUT2D eigenvalue weighted by molar-refractivity contribution is 5.69. The molecule has 0 unspecified atom stereocenters. The summed E-state index contributed by atoms with van der Waals surface area (Å²) in [5, 5.41) is 5.46. The van der Waals surface area contributed by atoms with E-state index in [-0.39, 0.29) is 11.5 Å². The summed E-state index contributed by atoms with van der Waals surface area (Å²) in [6, 6.07) is 12.2. The topological polar surface area (TPSA) is 63.7 Å². The van der Waals surface area contributed by atoms with Crippen molar-refractivity contribution < 1.29 is 17.9 Å². The highest BCUT2D eigenvalue weighted by atomic mass is 19.4. The van der Waals surface area contributed by atoms with E-state index in [1.807, 2.05) is 23.3 Å². The smallest absolute Gasteiger partial charge is 0.451 e. The third-order valence-corrected chi connectivity index (χ3v) is 3.12. The van der Waals surface area contributed by atoms with Crippen LogP contribution in [0.25, 0.3) is 22.8 Å². The van der Waals surface area contributed by atoms with E-state index in [1.54, 1.807) is 24.3 Å². The van der Waals surface area contributed by atoms with Crippen LogP contribution in [0.3, 0.4) is 0 Å². The Kier molecular flexibility index (Phi) is 3.73. The third-order valence-electron chi connectivity index (χ3n) is 3.12. The summed E-state index contributed by atoms with van der Waals surface area (Å²) in [5.74, 6) is -0.658. The van der Waals surface area contributed by atoms with Crippen molar-refractivity contribution in [2.75, 3.05) is 7.11 Å². The number of nitrogens with one attached hydrogen (secondary N) is 1. The lowest BCUT2D eigenvalue weighted by Gasteiger charge is -2.08. The average molecular weight is 320 g/mol. The Balaban J connectivity index is 2.02. The van der Waals surface area contributed by atoms with Crippen molar-refractivity contribution in [1.82, 2.24) is 20.2 Å². The second-order valence-electron chi connectivity index (χ2n) is 4.61. The Morgan fingerprint density at radius 1 is 0.957 bits per heavy atom. The molecule has 0 saturated heterocycles. The fourth-order valence-corrected chi connectivity index (χ4v) is 2.07. The lowest BCUT2D eigenvalue weighted by atomic mass is 10.1. The molecule has 3 rings (SSSR count). The molecule has 0 bridgehead atoms. The van der Waals surface area contributed by atoms with Crippen molar-refractivity contribution in [3.63, 3.8) is 0 Å². The number of nitrogens with zero attached hydrogens (tertiary/aromatic N) is 3. The van der Waals surface area contributed by atoms with Gasteiger partial charge >= 0.3 is 6.18 Å². The first-order chi connectivity index (χ1) is 11.0. The summed E-state index contributed by atoms with van der Waals surface area (Å²) >= 11 is 0. The average Bonchev–Trinajstić information content (AvgIpc) is 3.05. The molecule has 2 aromatic heterocycles. The molecular weight excluding hydrogens is 309 g/mol. The van der Waals surface area contributed by atoms with E-state index in [0.717, 1.165) is 5.56 Å². The van der Waals surface area contributed by atoms with Gasteiger partial charge in [-0.3, -0.25) is 5.10 Å². The first kappa shape index (κ1) is 15.0. The Bertz CT molecular complexity index is 829. The van der Waals surface area contributed by atoms with Gasteiger partial charge in [-0.1, -0.05) is 18.2 Å². The molecule has 8 heteroatoms. The fraction of sp³-hybridized carbons (Fsp3) is 0.133. The standard InChI is InChI=1S/C15H11F3N4O/c1-23-12-8-3-2-5-9(12)10-6-4-7-11(19-10)13-20-14(22-21-13)15(16,17)18/h2-8H,1H3,(H,20,21,22). The van der Waals surface area contributed by atoms with Crippen LogP contribution in [0.5, 0.6) is 5.75 Å². The lowest BCUT2D eigenvalue weighted by molar-refractivity contribution is -0.144. The van der Waals surface area contributed by atoms with E-state index in [1.165, 1.54) is 7.11 Å². The molecule has 0 radical (unpaired) electrons. The maximum Gasteiger partial charge on any atom is 0.451 e. The molecule has 0 atom stereocenters. The molecule has 0 amide bonds. The summed E-state index contributed by atoms with van der Waals surface area (Å²) in [6.07, 6.45) is -4.58. The van der Waals surface area contributed by atoms with Crippen LogP contribution in [0.4, 0.5) is 13.2 Å². The van der Waals surface area contributed by atoms with Gasteiger partial charge in [-0.25, -0.2) is 9.97 Å². The van der Waals surface area contributed by atoms with Crippen LogP contribution < -0.4 is 4.74 Å². The fourth-order valence-electron chi connectivity index (χ4n) is 2.07. The number of para-hydroxylation sites is 1. The number of rotatable bonds is 3. The maximum atomic E-state index is 12.6. The van der Waals surface area contributed by atoms with Crippen LogP contribution >= 0.6 is 0 Å². The van der Waals surface area contributed by atoms with Crippen LogP contribution in [0.1, 0.15) is 5.82 Å². The highest BCUT2D eigenvalue weighted by Gasteiger charge is 2.35. The maximum absolute atomic E-state index is 12.6. The second-order valence-corrected chi connectivity index (χ2v) is 4.61. The Labute approximate surface area is 129 Å². The SMILES string of the molecule is COc1ccccc1-c1cccc(-c2n[nH]c(C(F)(F)F)n2)n1. The lowest BCUT2D eigenvalue weighted by Crippen LogP contribution is -2.07. The number of pyridine rings is 1. The Morgan fingerprint density at radius 3 is 2.39 bits per heavy atom. The molecule has 0 aliphatic rings. The second kappa shape index (κ2) is 5.71. The summed E-state index contributed by atoms with van der Waals surface area (Å²) in [4.78, 5) is 7.77. The van der Waals surface area contributed by atoms with E-state index in [2.05, 4.69) is 15.1 Å².